The molecule has 1 aliphatic rings. The van der Waals surface area contributed by atoms with Crippen molar-refractivity contribution in [3.8, 4) is 0 Å². The van der Waals surface area contributed by atoms with Crippen molar-refractivity contribution < 1.29 is 0 Å². The van der Waals surface area contributed by atoms with E-state index in [4.69, 9.17) is 11.6 Å². The van der Waals surface area contributed by atoms with Gasteiger partial charge in [-0.1, -0.05) is 6.42 Å². The predicted molar refractivity (Wildman–Crippen MR) is 60.0 cm³/mol. The third-order valence-corrected chi connectivity index (χ3v) is 4.29. The van der Waals surface area contributed by atoms with Crippen LogP contribution < -0.4 is 0 Å². The Morgan fingerprint density at radius 1 is 1.43 bits per heavy atom. The lowest BCUT2D eigenvalue weighted by molar-refractivity contribution is 0.515. The van der Waals surface area contributed by atoms with Gasteiger partial charge in [0.15, 0.2) is 0 Å². The number of nitrogens with zero attached hydrogens (tertiary/aromatic N) is 3. The molecule has 2 unspecified atom stereocenters. The second kappa shape index (κ2) is 4.11. The summed E-state index contributed by atoms with van der Waals surface area (Å²) in [5, 5.41) is 9.10. The first-order valence-electron chi connectivity index (χ1n) is 4.84. The standard InChI is InChI=1S/C9H14ClN3S/c1-6-11-12-9(10)13(6)7-4-3-5-8(7)14-2/h7-8H,3-5H2,1-2H3. The number of aryl methyl sites for hydroxylation is 1. The molecule has 0 N–H and O–H groups in total. The van der Waals surface area contributed by atoms with E-state index in [0.29, 0.717) is 16.6 Å². The van der Waals surface area contributed by atoms with E-state index in [1.807, 2.05) is 18.7 Å². The first-order valence-corrected chi connectivity index (χ1v) is 6.50. The number of hydrogen-bond donors (Lipinski definition) is 0. The van der Waals surface area contributed by atoms with Crippen LogP contribution in [-0.4, -0.2) is 26.3 Å². The molecule has 2 atom stereocenters. The fourth-order valence-electron chi connectivity index (χ4n) is 2.20. The SMILES string of the molecule is CSC1CCCC1n1c(C)nnc1Cl. The summed E-state index contributed by atoms with van der Waals surface area (Å²) < 4.78 is 2.08. The maximum absolute atomic E-state index is 6.03. The van der Waals surface area contributed by atoms with E-state index in [-0.39, 0.29) is 0 Å². The molecule has 0 spiro atoms. The minimum atomic E-state index is 0.493. The van der Waals surface area contributed by atoms with Crippen molar-refractivity contribution in [2.75, 3.05) is 6.26 Å². The lowest BCUT2D eigenvalue weighted by Gasteiger charge is -2.20. The van der Waals surface area contributed by atoms with Gasteiger partial charge in [0.05, 0.1) is 0 Å². The Labute approximate surface area is 93.2 Å². The van der Waals surface area contributed by atoms with Gasteiger partial charge in [-0.05, 0) is 37.6 Å². The zero-order chi connectivity index (χ0) is 10.1. The Bertz CT molecular complexity index is 306. The lowest BCUT2D eigenvalue weighted by Crippen LogP contribution is -2.17. The maximum atomic E-state index is 6.03. The van der Waals surface area contributed by atoms with Crippen molar-refractivity contribution in [1.82, 2.24) is 14.8 Å². The summed E-state index contributed by atoms with van der Waals surface area (Å²) in [6.45, 7) is 1.97. The number of aromatic nitrogens is 3. The van der Waals surface area contributed by atoms with Crippen LogP contribution in [0.15, 0.2) is 0 Å². The molecule has 0 aromatic carbocycles. The molecule has 1 heterocycles. The van der Waals surface area contributed by atoms with E-state index in [0.717, 1.165) is 5.82 Å². The second-order valence-corrected chi connectivity index (χ2v) is 5.07. The van der Waals surface area contributed by atoms with Crippen molar-refractivity contribution in [3.63, 3.8) is 0 Å². The Morgan fingerprint density at radius 2 is 2.21 bits per heavy atom. The van der Waals surface area contributed by atoms with Gasteiger partial charge in [-0.2, -0.15) is 11.8 Å². The van der Waals surface area contributed by atoms with Gasteiger partial charge in [-0.25, -0.2) is 0 Å². The topological polar surface area (TPSA) is 30.7 Å². The smallest absolute Gasteiger partial charge is 0.225 e. The van der Waals surface area contributed by atoms with Gasteiger partial charge in [0.2, 0.25) is 5.28 Å². The lowest BCUT2D eigenvalue weighted by atomic mass is 10.2. The summed E-state index contributed by atoms with van der Waals surface area (Å²) in [6, 6.07) is 0.493. The highest BCUT2D eigenvalue weighted by Gasteiger charge is 2.30. The summed E-state index contributed by atoms with van der Waals surface area (Å²) in [6.07, 6.45) is 5.92. The molecule has 0 amide bonds. The summed E-state index contributed by atoms with van der Waals surface area (Å²) in [5.74, 6) is 0.931. The van der Waals surface area contributed by atoms with E-state index < -0.39 is 0 Å². The molecule has 1 aromatic heterocycles. The highest BCUT2D eigenvalue weighted by atomic mass is 35.5. The van der Waals surface area contributed by atoms with Gasteiger partial charge in [-0.15, -0.1) is 10.2 Å². The zero-order valence-electron chi connectivity index (χ0n) is 8.40. The van der Waals surface area contributed by atoms with Crippen molar-refractivity contribution in [2.24, 2.45) is 0 Å². The van der Waals surface area contributed by atoms with E-state index in [1.165, 1.54) is 19.3 Å². The van der Waals surface area contributed by atoms with Crippen LogP contribution in [0.25, 0.3) is 0 Å². The molecular formula is C9H14ClN3S. The number of halogens is 1. The zero-order valence-corrected chi connectivity index (χ0v) is 9.98. The molecule has 78 valence electrons. The van der Waals surface area contributed by atoms with Crippen LogP contribution in [0.4, 0.5) is 0 Å². The van der Waals surface area contributed by atoms with E-state index in [1.54, 1.807) is 0 Å². The molecule has 0 aliphatic heterocycles. The van der Waals surface area contributed by atoms with Gasteiger partial charge in [-0.3, -0.25) is 4.57 Å². The molecule has 1 aliphatic carbocycles. The van der Waals surface area contributed by atoms with Crippen molar-refractivity contribution >= 4 is 23.4 Å². The van der Waals surface area contributed by atoms with Gasteiger partial charge in [0.25, 0.3) is 0 Å². The average Bonchev–Trinajstić information content (AvgIpc) is 2.73. The van der Waals surface area contributed by atoms with Crippen LogP contribution in [0.5, 0.6) is 0 Å². The highest BCUT2D eigenvalue weighted by molar-refractivity contribution is 7.99. The predicted octanol–water partition coefficient (Wildman–Crippen LogP) is 2.70. The molecule has 3 nitrogen and oxygen atoms in total. The number of rotatable bonds is 2. The minimum absolute atomic E-state index is 0.493. The van der Waals surface area contributed by atoms with Crippen LogP contribution >= 0.6 is 23.4 Å². The first-order chi connectivity index (χ1) is 6.74. The normalized spacial score (nSPS) is 27.1. The largest absolute Gasteiger partial charge is 0.298 e. The van der Waals surface area contributed by atoms with E-state index in [2.05, 4.69) is 21.0 Å². The summed E-state index contributed by atoms with van der Waals surface area (Å²) >= 11 is 7.95. The maximum Gasteiger partial charge on any atom is 0.225 e. The van der Waals surface area contributed by atoms with Crippen molar-refractivity contribution in [1.29, 1.82) is 0 Å². The second-order valence-electron chi connectivity index (χ2n) is 3.66. The number of thioether (sulfide) groups is 1. The molecule has 1 fully saturated rings. The molecule has 0 bridgehead atoms. The molecule has 1 saturated carbocycles. The molecule has 2 rings (SSSR count). The molecule has 0 saturated heterocycles. The quantitative estimate of drug-likeness (QED) is 0.784. The Balaban J connectivity index is 2.29. The first kappa shape index (κ1) is 10.3. The van der Waals surface area contributed by atoms with E-state index >= 15 is 0 Å². The molecule has 5 heteroatoms. The number of hydrogen-bond acceptors (Lipinski definition) is 3. The third kappa shape index (κ3) is 1.65. The van der Waals surface area contributed by atoms with Crippen LogP contribution in [0, 0.1) is 6.92 Å². The fourth-order valence-corrected chi connectivity index (χ4v) is 3.46. The fraction of sp³-hybridized carbons (Fsp3) is 0.778. The van der Waals surface area contributed by atoms with Gasteiger partial charge < -0.3 is 0 Å². The monoisotopic (exact) mass is 231 g/mol. The van der Waals surface area contributed by atoms with Gasteiger partial charge >= 0.3 is 0 Å². The van der Waals surface area contributed by atoms with Crippen LogP contribution in [0.2, 0.25) is 5.28 Å². The van der Waals surface area contributed by atoms with E-state index in [9.17, 15) is 0 Å². The van der Waals surface area contributed by atoms with Crippen LogP contribution in [0.3, 0.4) is 0 Å². The van der Waals surface area contributed by atoms with Crippen molar-refractivity contribution in [2.45, 2.75) is 37.5 Å². The summed E-state index contributed by atoms with van der Waals surface area (Å²) in [7, 11) is 0. The summed E-state index contributed by atoms with van der Waals surface area (Å²) in [4.78, 5) is 0. The van der Waals surface area contributed by atoms with Crippen LogP contribution in [0.1, 0.15) is 31.1 Å². The molecule has 14 heavy (non-hydrogen) atoms. The Hall–Kier alpha value is -0.220. The van der Waals surface area contributed by atoms with Crippen molar-refractivity contribution in [3.05, 3.63) is 11.1 Å². The average molecular weight is 232 g/mol. The third-order valence-electron chi connectivity index (χ3n) is 2.88. The van der Waals surface area contributed by atoms with Gasteiger partial charge in [0, 0.05) is 11.3 Å². The van der Waals surface area contributed by atoms with Crippen LogP contribution in [-0.2, 0) is 0 Å². The molecular weight excluding hydrogens is 218 g/mol. The molecule has 1 aromatic rings. The highest BCUT2D eigenvalue weighted by Crippen LogP contribution is 2.38. The molecule has 0 radical (unpaired) electrons. The Morgan fingerprint density at radius 3 is 2.79 bits per heavy atom. The minimum Gasteiger partial charge on any atom is -0.298 e. The summed E-state index contributed by atoms with van der Waals surface area (Å²) in [5.41, 5.74) is 0. The Kier molecular flexibility index (Phi) is 3.02. The van der Waals surface area contributed by atoms with Gasteiger partial charge in [0.1, 0.15) is 5.82 Å².